The molecular weight excluding hydrogens is 257 g/mol. The van der Waals surface area contributed by atoms with Gasteiger partial charge in [0.05, 0.1) is 5.69 Å². The quantitative estimate of drug-likeness (QED) is 0.860. The number of carbonyl (C=O) groups is 1. The van der Waals surface area contributed by atoms with Gasteiger partial charge < -0.3 is 16.4 Å². The van der Waals surface area contributed by atoms with Gasteiger partial charge in [-0.05, 0) is 42.9 Å². The largest absolute Gasteiger partial charge is 0.369 e. The molecule has 0 aromatic heterocycles. The van der Waals surface area contributed by atoms with Gasteiger partial charge >= 0.3 is 0 Å². The number of fused-ring (bicyclic) bond motifs is 1. The van der Waals surface area contributed by atoms with Crippen LogP contribution in [0.3, 0.4) is 0 Å². The summed E-state index contributed by atoms with van der Waals surface area (Å²) in [5.74, 6) is 0.0361. The number of carbonyl (C=O) groups excluding carboxylic acids is 1. The van der Waals surface area contributed by atoms with Crippen LogP contribution >= 0.6 is 0 Å². The van der Waals surface area contributed by atoms with Crippen LogP contribution in [-0.2, 0) is 0 Å². The van der Waals surface area contributed by atoms with Crippen molar-refractivity contribution in [1.82, 2.24) is 0 Å². The summed E-state index contributed by atoms with van der Waals surface area (Å²) in [5, 5.41) is 0. The molecule has 4 nitrogen and oxygen atoms in total. The third kappa shape index (κ3) is 2.26. The van der Waals surface area contributed by atoms with E-state index >= 15 is 0 Å². The maximum atomic E-state index is 14.2. The lowest BCUT2D eigenvalue weighted by Gasteiger charge is -2.29. The zero-order chi connectivity index (χ0) is 14.3. The Labute approximate surface area is 117 Å². The highest BCUT2D eigenvalue weighted by molar-refractivity contribution is 5.93. The summed E-state index contributed by atoms with van der Waals surface area (Å²) in [6, 6.07) is 4.69. The molecule has 3 rings (SSSR count). The number of benzene rings is 1. The van der Waals surface area contributed by atoms with Gasteiger partial charge in [0.2, 0.25) is 5.91 Å². The predicted octanol–water partition coefficient (Wildman–Crippen LogP) is 1.49. The van der Waals surface area contributed by atoms with E-state index in [0.717, 1.165) is 19.5 Å². The molecule has 3 atom stereocenters. The number of rotatable bonds is 2. The Bertz CT molecular complexity index is 534. The van der Waals surface area contributed by atoms with Crippen molar-refractivity contribution < 1.29 is 9.18 Å². The van der Waals surface area contributed by atoms with Crippen molar-refractivity contribution in [2.75, 3.05) is 18.0 Å². The molecule has 1 saturated carbocycles. The summed E-state index contributed by atoms with van der Waals surface area (Å²) >= 11 is 0. The van der Waals surface area contributed by atoms with Crippen molar-refractivity contribution in [2.45, 2.75) is 25.3 Å². The van der Waals surface area contributed by atoms with Crippen LogP contribution in [0.25, 0.3) is 0 Å². The lowest BCUT2D eigenvalue weighted by atomic mass is 9.78. The first-order chi connectivity index (χ1) is 9.56. The topological polar surface area (TPSA) is 72.4 Å². The van der Waals surface area contributed by atoms with Crippen molar-refractivity contribution >= 4 is 11.6 Å². The number of primary amides is 1. The molecule has 0 spiro atoms. The molecule has 1 amide bonds. The molecule has 0 bridgehead atoms. The highest BCUT2D eigenvalue weighted by Gasteiger charge is 2.39. The maximum absolute atomic E-state index is 14.2. The number of halogens is 1. The van der Waals surface area contributed by atoms with E-state index in [4.69, 9.17) is 11.5 Å². The first kappa shape index (κ1) is 13.4. The van der Waals surface area contributed by atoms with E-state index in [1.807, 2.05) is 0 Å². The van der Waals surface area contributed by atoms with E-state index in [-0.39, 0.29) is 17.4 Å². The molecule has 2 fully saturated rings. The number of hydrogen-bond donors (Lipinski definition) is 2. The normalized spacial score (nSPS) is 29.3. The summed E-state index contributed by atoms with van der Waals surface area (Å²) in [7, 11) is 0. The van der Waals surface area contributed by atoms with Crippen molar-refractivity contribution in [1.29, 1.82) is 0 Å². The third-order valence-corrected chi connectivity index (χ3v) is 4.73. The molecule has 1 aromatic rings. The number of anilines is 1. The molecule has 20 heavy (non-hydrogen) atoms. The Balaban J connectivity index is 1.82. The molecule has 1 aliphatic carbocycles. The van der Waals surface area contributed by atoms with Crippen LogP contribution in [0, 0.1) is 17.7 Å². The molecule has 5 heteroatoms. The number of hydrogen-bond acceptors (Lipinski definition) is 3. The fourth-order valence-corrected chi connectivity index (χ4v) is 3.63. The minimum atomic E-state index is -0.604. The molecule has 3 unspecified atom stereocenters. The van der Waals surface area contributed by atoms with Crippen LogP contribution in [0.5, 0.6) is 0 Å². The monoisotopic (exact) mass is 277 g/mol. The number of nitrogens with zero attached hydrogens (tertiary/aromatic N) is 1. The highest BCUT2D eigenvalue weighted by Crippen LogP contribution is 2.38. The first-order valence-corrected chi connectivity index (χ1v) is 7.16. The lowest BCUT2D eigenvalue weighted by Crippen LogP contribution is -2.38. The Hall–Kier alpha value is -1.62. The van der Waals surface area contributed by atoms with Gasteiger partial charge in [-0.15, -0.1) is 0 Å². The summed E-state index contributed by atoms with van der Waals surface area (Å²) in [4.78, 5) is 13.1. The zero-order valence-corrected chi connectivity index (χ0v) is 11.4. The third-order valence-electron chi connectivity index (χ3n) is 4.73. The molecule has 0 radical (unpaired) electrons. The van der Waals surface area contributed by atoms with Gasteiger partial charge in [-0.25, -0.2) is 4.39 Å². The predicted molar refractivity (Wildman–Crippen MR) is 75.9 cm³/mol. The van der Waals surface area contributed by atoms with Gasteiger partial charge in [-0.3, -0.25) is 4.79 Å². The summed E-state index contributed by atoms with van der Waals surface area (Å²) in [6.07, 6.45) is 3.41. The van der Waals surface area contributed by atoms with Gasteiger partial charge in [-0.2, -0.15) is 0 Å². The minimum Gasteiger partial charge on any atom is -0.369 e. The number of nitrogens with two attached hydrogens (primary N) is 2. The van der Waals surface area contributed by atoms with Crippen LogP contribution in [0.15, 0.2) is 18.2 Å². The van der Waals surface area contributed by atoms with Crippen molar-refractivity contribution in [3.8, 4) is 0 Å². The van der Waals surface area contributed by atoms with Gasteiger partial charge in [0.15, 0.2) is 0 Å². The van der Waals surface area contributed by atoms with E-state index in [2.05, 4.69) is 4.90 Å². The number of amides is 1. The van der Waals surface area contributed by atoms with Gasteiger partial charge in [0, 0.05) is 24.7 Å². The van der Waals surface area contributed by atoms with E-state index < -0.39 is 5.91 Å². The summed E-state index contributed by atoms with van der Waals surface area (Å²) in [6.45, 7) is 1.66. The molecule has 2 aliphatic rings. The fourth-order valence-electron chi connectivity index (χ4n) is 3.63. The molecule has 1 aliphatic heterocycles. The second-order valence-corrected chi connectivity index (χ2v) is 5.95. The lowest BCUT2D eigenvalue weighted by molar-refractivity contribution is 0.1000. The molecule has 1 saturated heterocycles. The molecular formula is C15H20FN3O. The van der Waals surface area contributed by atoms with E-state index in [1.54, 1.807) is 12.1 Å². The van der Waals surface area contributed by atoms with Crippen molar-refractivity contribution in [3.05, 3.63) is 29.6 Å². The van der Waals surface area contributed by atoms with Crippen molar-refractivity contribution in [3.63, 3.8) is 0 Å². The minimum absolute atomic E-state index is 0.208. The Morgan fingerprint density at radius 3 is 2.75 bits per heavy atom. The zero-order valence-electron chi connectivity index (χ0n) is 11.4. The Kier molecular flexibility index (Phi) is 3.38. The first-order valence-electron chi connectivity index (χ1n) is 7.16. The second kappa shape index (κ2) is 5.05. The smallest absolute Gasteiger partial charge is 0.248 e. The van der Waals surface area contributed by atoms with Crippen LogP contribution in [0.1, 0.15) is 29.6 Å². The second-order valence-electron chi connectivity index (χ2n) is 5.95. The Morgan fingerprint density at radius 1 is 1.30 bits per heavy atom. The van der Waals surface area contributed by atoms with E-state index in [1.165, 1.54) is 18.9 Å². The van der Waals surface area contributed by atoms with E-state index in [0.29, 0.717) is 17.5 Å². The van der Waals surface area contributed by atoms with Crippen LogP contribution < -0.4 is 16.4 Å². The van der Waals surface area contributed by atoms with Crippen LogP contribution in [-0.4, -0.2) is 25.0 Å². The molecule has 108 valence electrons. The van der Waals surface area contributed by atoms with Crippen LogP contribution in [0.4, 0.5) is 10.1 Å². The van der Waals surface area contributed by atoms with E-state index in [9.17, 15) is 9.18 Å². The molecule has 1 heterocycles. The highest BCUT2D eigenvalue weighted by atomic mass is 19.1. The van der Waals surface area contributed by atoms with Gasteiger partial charge in [-0.1, -0.05) is 6.42 Å². The maximum Gasteiger partial charge on any atom is 0.248 e. The average Bonchev–Trinajstić information content (AvgIpc) is 2.83. The van der Waals surface area contributed by atoms with Crippen molar-refractivity contribution in [2.24, 2.45) is 23.3 Å². The van der Waals surface area contributed by atoms with Crippen LogP contribution in [0.2, 0.25) is 0 Å². The fraction of sp³-hybridized carbons (Fsp3) is 0.533. The standard InChI is InChI=1S/C15H20FN3O/c16-12-6-9(15(18)20)4-5-14(12)19-7-10-2-1-3-13(17)11(10)8-19/h4-6,10-11,13H,1-3,7-8,17H2,(H2,18,20). The Morgan fingerprint density at radius 2 is 2.10 bits per heavy atom. The van der Waals surface area contributed by atoms with Gasteiger partial charge in [0.25, 0.3) is 0 Å². The molecule has 4 N–H and O–H groups in total. The SMILES string of the molecule is NC(=O)c1ccc(N2CC3CCCC(N)C3C2)c(F)c1. The summed E-state index contributed by atoms with van der Waals surface area (Å²) in [5.41, 5.74) is 12.1. The average molecular weight is 277 g/mol. The molecule has 1 aromatic carbocycles. The summed E-state index contributed by atoms with van der Waals surface area (Å²) < 4.78 is 14.2. The van der Waals surface area contributed by atoms with Gasteiger partial charge in [0.1, 0.15) is 5.82 Å².